The number of rotatable bonds is 2. The molecule has 3 aromatic rings. The molecule has 5 nitrogen and oxygen atoms in total. The maximum absolute atomic E-state index is 9.38. The molecule has 0 spiro atoms. The first-order valence-corrected chi connectivity index (χ1v) is 12.2. The Kier molecular flexibility index (Phi) is 8.82. The molecule has 0 aliphatic heterocycles. The van der Waals surface area contributed by atoms with Crippen molar-refractivity contribution in [3.63, 3.8) is 0 Å². The van der Waals surface area contributed by atoms with E-state index in [2.05, 4.69) is 92.6 Å². The van der Waals surface area contributed by atoms with Gasteiger partial charge in [-0.15, -0.1) is 0 Å². The smallest absolute Gasteiger partial charge is 0.183 e. The average Bonchev–Trinajstić information content (AvgIpc) is 2.75. The zero-order chi connectivity index (χ0) is 26.6. The molecule has 6 heteroatoms. The highest BCUT2D eigenvalue weighted by molar-refractivity contribution is 9.10. The molecule has 0 saturated carbocycles. The fraction of sp³-hybridized carbons (Fsp3) is 0.379. The molecule has 182 valence electrons. The van der Waals surface area contributed by atoms with Gasteiger partial charge in [0.05, 0.1) is 4.47 Å². The average molecular weight is 534 g/mol. The Balaban J connectivity index is 0.000000283. The number of pyridine rings is 2. The minimum Gasteiger partial charge on any atom is -0.454 e. The monoisotopic (exact) mass is 532 g/mol. The molecule has 1 aromatic carbocycles. The fourth-order valence-corrected chi connectivity index (χ4v) is 3.71. The van der Waals surface area contributed by atoms with E-state index in [0.29, 0.717) is 17.1 Å². The number of halogens is 1. The van der Waals surface area contributed by atoms with Crippen molar-refractivity contribution in [2.45, 2.75) is 73.1 Å². The summed E-state index contributed by atoms with van der Waals surface area (Å²) in [5.41, 5.74) is 5.80. The summed E-state index contributed by atoms with van der Waals surface area (Å²) in [6, 6.07) is 15.9. The van der Waals surface area contributed by atoms with Crippen LogP contribution in [-0.4, -0.2) is 9.97 Å². The van der Waals surface area contributed by atoms with Crippen molar-refractivity contribution >= 4 is 15.9 Å². The Hall–Kier alpha value is -3.22. The van der Waals surface area contributed by atoms with E-state index >= 15 is 0 Å². The summed E-state index contributed by atoms with van der Waals surface area (Å²) in [4.78, 5) is 8.70. The van der Waals surface area contributed by atoms with Crippen LogP contribution in [0.25, 0.3) is 0 Å². The molecule has 0 amide bonds. The minimum absolute atomic E-state index is 0.00764. The number of aryl methyl sites for hydroxylation is 3. The van der Waals surface area contributed by atoms with Crippen LogP contribution in [0.1, 0.15) is 81.0 Å². The third kappa shape index (κ3) is 7.38. The lowest BCUT2D eigenvalue weighted by molar-refractivity contribution is 0.467. The van der Waals surface area contributed by atoms with Crippen molar-refractivity contribution in [1.29, 1.82) is 10.5 Å². The number of nitrogens with zero attached hydrogens (tertiary/aromatic N) is 4. The zero-order valence-electron chi connectivity index (χ0n) is 22.0. The summed E-state index contributed by atoms with van der Waals surface area (Å²) in [7, 11) is 0. The Morgan fingerprint density at radius 1 is 0.743 bits per heavy atom. The van der Waals surface area contributed by atoms with E-state index in [1.54, 1.807) is 0 Å². The third-order valence-corrected chi connectivity index (χ3v) is 5.91. The van der Waals surface area contributed by atoms with Crippen LogP contribution in [0.4, 0.5) is 0 Å². The van der Waals surface area contributed by atoms with Gasteiger partial charge < -0.3 is 4.74 Å². The lowest BCUT2D eigenvalue weighted by atomic mass is 9.91. The highest BCUT2D eigenvalue weighted by atomic mass is 79.9. The van der Waals surface area contributed by atoms with Gasteiger partial charge in [-0.1, -0.05) is 59.2 Å². The maximum Gasteiger partial charge on any atom is 0.183 e. The first-order valence-electron chi connectivity index (χ1n) is 11.4. The second-order valence-electron chi connectivity index (χ2n) is 10.6. The van der Waals surface area contributed by atoms with Gasteiger partial charge in [0.15, 0.2) is 17.1 Å². The minimum atomic E-state index is -0.0974. The van der Waals surface area contributed by atoms with Gasteiger partial charge >= 0.3 is 0 Å². The zero-order valence-corrected chi connectivity index (χ0v) is 23.6. The molecule has 0 saturated heterocycles. The Morgan fingerprint density at radius 2 is 1.20 bits per heavy atom. The largest absolute Gasteiger partial charge is 0.454 e. The fourth-order valence-electron chi connectivity index (χ4n) is 3.40. The van der Waals surface area contributed by atoms with Crippen molar-refractivity contribution in [1.82, 2.24) is 9.97 Å². The molecular weight excluding hydrogens is 500 g/mol. The van der Waals surface area contributed by atoms with Gasteiger partial charge in [-0.3, -0.25) is 0 Å². The Bertz CT molecular complexity index is 1280. The molecule has 0 bridgehead atoms. The van der Waals surface area contributed by atoms with Crippen molar-refractivity contribution in [2.24, 2.45) is 0 Å². The van der Waals surface area contributed by atoms with Gasteiger partial charge in [-0.05, 0) is 72.1 Å². The van der Waals surface area contributed by atoms with Crippen LogP contribution < -0.4 is 4.74 Å². The molecule has 0 aliphatic rings. The molecule has 0 fully saturated rings. The number of benzene rings is 1. The molecule has 2 aromatic heterocycles. The summed E-state index contributed by atoms with van der Waals surface area (Å²) >= 11 is 3.27. The third-order valence-electron chi connectivity index (χ3n) is 5.27. The van der Waals surface area contributed by atoms with E-state index in [0.717, 1.165) is 32.7 Å². The summed E-state index contributed by atoms with van der Waals surface area (Å²) in [5.74, 6) is 1.30. The van der Waals surface area contributed by atoms with Gasteiger partial charge in [0.1, 0.15) is 17.9 Å². The van der Waals surface area contributed by atoms with Gasteiger partial charge in [0, 0.05) is 22.2 Å². The first-order chi connectivity index (χ1) is 16.2. The molecule has 2 heterocycles. The molecule has 0 atom stereocenters. The predicted octanol–water partition coefficient (Wildman–Crippen LogP) is 7.98. The molecule has 0 unspecified atom stereocenters. The van der Waals surface area contributed by atoms with Crippen LogP contribution in [0.5, 0.6) is 11.5 Å². The number of hydrogen-bond acceptors (Lipinski definition) is 5. The van der Waals surface area contributed by atoms with Gasteiger partial charge in [0.25, 0.3) is 0 Å². The standard InChI is InChI=1S/C19H22N2O.C10H11BrN2/c1-12-9-13(2)18(14(3)10-12)22-16-7-8-17(19(4,5)6)21-15(16)11-20;1-10(2,3)9-5-4-7(11)8(6-12)13-9/h7-10H,1-6H3;4-5H,1-3H3. The van der Waals surface area contributed by atoms with Crippen molar-refractivity contribution < 1.29 is 4.74 Å². The SMILES string of the molecule is CC(C)(C)c1ccc(Br)c(C#N)n1.Cc1cc(C)c(Oc2ccc(C(C)(C)C)nc2C#N)c(C)c1. The van der Waals surface area contributed by atoms with Gasteiger partial charge in [-0.2, -0.15) is 10.5 Å². The van der Waals surface area contributed by atoms with Crippen LogP contribution >= 0.6 is 15.9 Å². The molecule has 0 radical (unpaired) electrons. The topological polar surface area (TPSA) is 82.6 Å². The lowest BCUT2D eigenvalue weighted by Crippen LogP contribution is -2.14. The second kappa shape index (κ2) is 11.0. The van der Waals surface area contributed by atoms with E-state index in [1.807, 2.05) is 44.2 Å². The molecule has 3 rings (SSSR count). The van der Waals surface area contributed by atoms with Gasteiger partial charge in [0.2, 0.25) is 0 Å². The number of aromatic nitrogens is 2. The summed E-state index contributed by atoms with van der Waals surface area (Å²) < 4.78 is 6.75. The van der Waals surface area contributed by atoms with Crippen LogP contribution in [0.15, 0.2) is 40.9 Å². The summed E-state index contributed by atoms with van der Waals surface area (Å²) in [6.07, 6.45) is 0. The predicted molar refractivity (Wildman–Crippen MR) is 144 cm³/mol. The molecule has 35 heavy (non-hydrogen) atoms. The summed E-state index contributed by atoms with van der Waals surface area (Å²) in [6.45, 7) is 18.5. The normalized spacial score (nSPS) is 11.1. The van der Waals surface area contributed by atoms with E-state index in [-0.39, 0.29) is 10.8 Å². The van der Waals surface area contributed by atoms with Crippen LogP contribution in [0.3, 0.4) is 0 Å². The van der Waals surface area contributed by atoms with Crippen LogP contribution in [0.2, 0.25) is 0 Å². The molecule has 0 N–H and O–H groups in total. The van der Waals surface area contributed by atoms with E-state index < -0.39 is 0 Å². The number of ether oxygens (including phenoxy) is 1. The second-order valence-corrected chi connectivity index (χ2v) is 11.5. The number of nitriles is 2. The van der Waals surface area contributed by atoms with Crippen LogP contribution in [0, 0.1) is 43.4 Å². The first kappa shape index (κ1) is 28.0. The van der Waals surface area contributed by atoms with Crippen LogP contribution in [-0.2, 0) is 10.8 Å². The molecule has 0 aliphatic carbocycles. The highest BCUT2D eigenvalue weighted by Crippen LogP contribution is 2.32. The van der Waals surface area contributed by atoms with Crippen molar-refractivity contribution in [3.05, 3.63) is 80.3 Å². The maximum atomic E-state index is 9.38. The number of hydrogen-bond donors (Lipinski definition) is 0. The van der Waals surface area contributed by atoms with Crippen molar-refractivity contribution in [2.75, 3.05) is 0 Å². The molecular formula is C29H33BrN4O. The van der Waals surface area contributed by atoms with Gasteiger partial charge in [-0.25, -0.2) is 9.97 Å². The Labute approximate surface area is 218 Å². The van der Waals surface area contributed by atoms with E-state index in [9.17, 15) is 5.26 Å². The Morgan fingerprint density at radius 3 is 1.66 bits per heavy atom. The quantitative estimate of drug-likeness (QED) is 0.334. The summed E-state index contributed by atoms with van der Waals surface area (Å²) in [5, 5.41) is 18.1. The van der Waals surface area contributed by atoms with E-state index in [1.165, 1.54) is 5.56 Å². The lowest BCUT2D eigenvalue weighted by Gasteiger charge is -2.19. The highest BCUT2D eigenvalue weighted by Gasteiger charge is 2.19. The van der Waals surface area contributed by atoms with E-state index in [4.69, 9.17) is 10.00 Å². The van der Waals surface area contributed by atoms with Crippen molar-refractivity contribution in [3.8, 4) is 23.6 Å².